The summed E-state index contributed by atoms with van der Waals surface area (Å²) in [6, 6.07) is 3.65. The summed E-state index contributed by atoms with van der Waals surface area (Å²) in [5.74, 6) is -1.73. The molecule has 0 bridgehead atoms. The van der Waals surface area contributed by atoms with E-state index in [1.54, 1.807) is 10.9 Å². The van der Waals surface area contributed by atoms with Gasteiger partial charge in [0.1, 0.15) is 5.82 Å². The Morgan fingerprint density at radius 2 is 2.26 bits per heavy atom. The van der Waals surface area contributed by atoms with Gasteiger partial charge in [0.15, 0.2) is 0 Å². The van der Waals surface area contributed by atoms with Crippen molar-refractivity contribution in [2.45, 2.75) is 13.5 Å². The minimum Gasteiger partial charge on any atom is -0.478 e. The fourth-order valence-electron chi connectivity index (χ4n) is 1.76. The third-order valence-electron chi connectivity index (χ3n) is 3.02. The first kappa shape index (κ1) is 13.1. The molecule has 100 valence electrons. The third-order valence-corrected chi connectivity index (χ3v) is 3.02. The maximum absolute atomic E-state index is 13.0. The van der Waals surface area contributed by atoms with Crippen molar-refractivity contribution in [2.24, 2.45) is 7.05 Å². The van der Waals surface area contributed by atoms with Crippen molar-refractivity contribution in [3.05, 3.63) is 47.0 Å². The van der Waals surface area contributed by atoms with E-state index in [0.717, 1.165) is 17.3 Å². The highest BCUT2D eigenvalue weighted by atomic mass is 19.1. The van der Waals surface area contributed by atoms with Gasteiger partial charge in [0.2, 0.25) is 0 Å². The van der Waals surface area contributed by atoms with E-state index in [4.69, 9.17) is 5.11 Å². The van der Waals surface area contributed by atoms with Crippen LogP contribution in [0.25, 0.3) is 0 Å². The van der Waals surface area contributed by atoms with Crippen LogP contribution in [0.5, 0.6) is 0 Å². The molecule has 6 heteroatoms. The molecule has 0 saturated heterocycles. The van der Waals surface area contributed by atoms with Gasteiger partial charge in [-0.15, -0.1) is 0 Å². The fraction of sp³-hybridized carbons (Fsp3) is 0.231. The van der Waals surface area contributed by atoms with Crippen LogP contribution in [-0.2, 0) is 13.6 Å². The molecule has 0 radical (unpaired) electrons. The maximum atomic E-state index is 13.0. The second-order valence-corrected chi connectivity index (χ2v) is 4.23. The van der Waals surface area contributed by atoms with Crippen molar-refractivity contribution in [1.82, 2.24) is 9.78 Å². The van der Waals surface area contributed by atoms with Crippen LogP contribution < -0.4 is 5.32 Å². The summed E-state index contributed by atoms with van der Waals surface area (Å²) < 4.78 is 14.8. The van der Waals surface area contributed by atoms with Gasteiger partial charge in [0.25, 0.3) is 0 Å². The molecule has 0 aliphatic heterocycles. The van der Waals surface area contributed by atoms with Gasteiger partial charge in [0, 0.05) is 30.5 Å². The van der Waals surface area contributed by atoms with Gasteiger partial charge in [-0.2, -0.15) is 5.10 Å². The number of nitrogens with one attached hydrogen (secondary N) is 1. The van der Waals surface area contributed by atoms with Crippen molar-refractivity contribution >= 4 is 11.7 Å². The maximum Gasteiger partial charge on any atom is 0.337 e. The molecule has 1 aromatic heterocycles. The molecular formula is C13H14FN3O2. The first-order chi connectivity index (χ1) is 8.99. The second kappa shape index (κ2) is 5.09. The number of anilines is 1. The van der Waals surface area contributed by atoms with Crippen molar-refractivity contribution in [3.8, 4) is 0 Å². The highest BCUT2D eigenvalue weighted by molar-refractivity contribution is 5.94. The molecule has 19 heavy (non-hydrogen) atoms. The standard InChI is InChI=1S/C13H14FN3O2/c1-8-9(7-16-17(8)2)6-15-12-4-3-10(14)5-11(12)13(18)19/h3-5,7,15H,6H2,1-2H3,(H,18,19). The Bertz CT molecular complexity index is 622. The summed E-state index contributed by atoms with van der Waals surface area (Å²) >= 11 is 0. The molecule has 0 aliphatic carbocycles. The summed E-state index contributed by atoms with van der Waals surface area (Å²) in [5, 5.41) is 16.1. The molecule has 5 nitrogen and oxygen atoms in total. The molecule has 2 aromatic rings. The van der Waals surface area contributed by atoms with Gasteiger partial charge in [0.05, 0.1) is 11.8 Å². The number of nitrogens with zero attached hydrogens (tertiary/aromatic N) is 2. The minimum absolute atomic E-state index is 0.0819. The number of aromatic nitrogens is 2. The first-order valence-corrected chi connectivity index (χ1v) is 5.73. The number of carboxylic acid groups (broad SMARTS) is 1. The zero-order valence-electron chi connectivity index (χ0n) is 10.6. The summed E-state index contributed by atoms with van der Waals surface area (Å²) in [6.45, 7) is 2.36. The number of aryl methyl sites for hydroxylation is 1. The quantitative estimate of drug-likeness (QED) is 0.887. The smallest absolute Gasteiger partial charge is 0.337 e. The molecular weight excluding hydrogens is 249 g/mol. The van der Waals surface area contributed by atoms with Crippen molar-refractivity contribution < 1.29 is 14.3 Å². The second-order valence-electron chi connectivity index (χ2n) is 4.23. The first-order valence-electron chi connectivity index (χ1n) is 5.73. The Hall–Kier alpha value is -2.37. The van der Waals surface area contributed by atoms with E-state index in [9.17, 15) is 9.18 Å². The number of aromatic carboxylic acids is 1. The predicted octanol–water partition coefficient (Wildman–Crippen LogP) is 2.18. The van der Waals surface area contributed by atoms with Gasteiger partial charge >= 0.3 is 5.97 Å². The average Bonchev–Trinajstić information content (AvgIpc) is 2.68. The monoisotopic (exact) mass is 263 g/mol. The van der Waals surface area contributed by atoms with Crippen LogP contribution in [0.2, 0.25) is 0 Å². The van der Waals surface area contributed by atoms with Crippen LogP contribution in [0.3, 0.4) is 0 Å². The van der Waals surface area contributed by atoms with Gasteiger partial charge in [-0.05, 0) is 25.1 Å². The highest BCUT2D eigenvalue weighted by Gasteiger charge is 2.12. The predicted molar refractivity (Wildman–Crippen MR) is 68.6 cm³/mol. The van der Waals surface area contributed by atoms with Crippen LogP contribution in [0.4, 0.5) is 10.1 Å². The van der Waals surface area contributed by atoms with Crippen LogP contribution in [0, 0.1) is 12.7 Å². The number of benzene rings is 1. The highest BCUT2D eigenvalue weighted by Crippen LogP contribution is 2.18. The molecule has 2 rings (SSSR count). The van der Waals surface area contributed by atoms with Crippen molar-refractivity contribution in [1.29, 1.82) is 0 Å². The lowest BCUT2D eigenvalue weighted by molar-refractivity contribution is 0.0697. The topological polar surface area (TPSA) is 67.2 Å². The Morgan fingerprint density at radius 3 is 2.84 bits per heavy atom. The molecule has 0 spiro atoms. The van der Waals surface area contributed by atoms with E-state index in [0.29, 0.717) is 12.2 Å². The normalized spacial score (nSPS) is 10.5. The number of halogens is 1. The molecule has 0 fully saturated rings. The molecule has 0 amide bonds. The van der Waals surface area contributed by atoms with E-state index >= 15 is 0 Å². The summed E-state index contributed by atoms with van der Waals surface area (Å²) in [4.78, 5) is 11.0. The fourth-order valence-corrected chi connectivity index (χ4v) is 1.76. The molecule has 2 N–H and O–H groups in total. The van der Waals surface area contributed by atoms with Crippen LogP contribution >= 0.6 is 0 Å². The van der Waals surface area contributed by atoms with Gasteiger partial charge in [-0.1, -0.05) is 0 Å². The van der Waals surface area contributed by atoms with Crippen LogP contribution in [0.15, 0.2) is 24.4 Å². The van der Waals surface area contributed by atoms with E-state index in [2.05, 4.69) is 10.4 Å². The van der Waals surface area contributed by atoms with E-state index in [1.807, 2.05) is 14.0 Å². The Labute approximate surface area is 109 Å². The minimum atomic E-state index is -1.16. The lowest BCUT2D eigenvalue weighted by Crippen LogP contribution is -2.07. The molecule has 0 atom stereocenters. The number of carbonyl (C=O) groups is 1. The molecule has 0 saturated carbocycles. The van der Waals surface area contributed by atoms with Crippen molar-refractivity contribution in [2.75, 3.05) is 5.32 Å². The Morgan fingerprint density at radius 1 is 1.53 bits per heavy atom. The SMILES string of the molecule is Cc1c(CNc2ccc(F)cc2C(=O)O)cnn1C. The zero-order chi connectivity index (χ0) is 14.0. The molecule has 0 unspecified atom stereocenters. The number of rotatable bonds is 4. The van der Waals surface area contributed by atoms with Gasteiger partial charge in [-0.25, -0.2) is 9.18 Å². The largest absolute Gasteiger partial charge is 0.478 e. The van der Waals surface area contributed by atoms with E-state index in [1.165, 1.54) is 12.1 Å². The lowest BCUT2D eigenvalue weighted by Gasteiger charge is -2.09. The zero-order valence-corrected chi connectivity index (χ0v) is 10.6. The average molecular weight is 263 g/mol. The van der Waals surface area contributed by atoms with Gasteiger partial charge in [-0.3, -0.25) is 4.68 Å². The summed E-state index contributed by atoms with van der Waals surface area (Å²) in [5.41, 5.74) is 2.26. The van der Waals surface area contributed by atoms with Gasteiger partial charge < -0.3 is 10.4 Å². The number of hydrogen-bond acceptors (Lipinski definition) is 3. The molecule has 1 heterocycles. The Kier molecular flexibility index (Phi) is 3.50. The number of carboxylic acids is 1. The van der Waals surface area contributed by atoms with Crippen molar-refractivity contribution in [3.63, 3.8) is 0 Å². The Balaban J connectivity index is 2.20. The third kappa shape index (κ3) is 2.73. The molecule has 1 aromatic carbocycles. The van der Waals surface area contributed by atoms with Crippen LogP contribution in [0.1, 0.15) is 21.6 Å². The van der Waals surface area contributed by atoms with Crippen LogP contribution in [-0.4, -0.2) is 20.9 Å². The summed E-state index contributed by atoms with van der Waals surface area (Å²) in [6.07, 6.45) is 1.71. The lowest BCUT2D eigenvalue weighted by atomic mass is 10.1. The van der Waals surface area contributed by atoms with E-state index in [-0.39, 0.29) is 5.56 Å². The molecule has 0 aliphatic rings. The van der Waals surface area contributed by atoms with E-state index < -0.39 is 11.8 Å². The number of hydrogen-bond donors (Lipinski definition) is 2. The summed E-state index contributed by atoms with van der Waals surface area (Å²) in [7, 11) is 1.83.